The van der Waals surface area contributed by atoms with Crippen molar-refractivity contribution in [2.75, 3.05) is 24.6 Å². The van der Waals surface area contributed by atoms with Gasteiger partial charge in [0.25, 0.3) is 5.91 Å². The van der Waals surface area contributed by atoms with Gasteiger partial charge in [-0.1, -0.05) is 18.2 Å². The van der Waals surface area contributed by atoms with E-state index >= 15 is 0 Å². The standard InChI is InChI=1S/C16H18N4O2/c1-12-4-2-3-5-14(12)22-11-16(21)19-13-9-20(10-13)15-8-17-6-7-18-15/h2-8,13H,9-11H2,1H3,(H,19,21). The smallest absolute Gasteiger partial charge is 0.258 e. The van der Waals surface area contributed by atoms with Crippen LogP contribution in [-0.2, 0) is 4.79 Å². The predicted octanol–water partition coefficient (Wildman–Crippen LogP) is 1.17. The van der Waals surface area contributed by atoms with Crippen LogP contribution in [0.3, 0.4) is 0 Å². The van der Waals surface area contributed by atoms with E-state index in [0.29, 0.717) is 0 Å². The van der Waals surface area contributed by atoms with Crippen LogP contribution in [0.1, 0.15) is 5.56 Å². The maximum atomic E-state index is 11.9. The van der Waals surface area contributed by atoms with Crippen molar-refractivity contribution in [3.63, 3.8) is 0 Å². The van der Waals surface area contributed by atoms with Gasteiger partial charge in [-0.15, -0.1) is 0 Å². The topological polar surface area (TPSA) is 67.3 Å². The Bertz CT molecular complexity index is 642. The highest BCUT2D eigenvalue weighted by Crippen LogP contribution is 2.17. The monoisotopic (exact) mass is 298 g/mol. The molecule has 0 aliphatic carbocycles. The third-order valence-electron chi connectivity index (χ3n) is 3.57. The lowest BCUT2D eigenvalue weighted by Gasteiger charge is -2.40. The second-order valence-corrected chi connectivity index (χ2v) is 5.29. The van der Waals surface area contributed by atoms with Crippen molar-refractivity contribution in [2.45, 2.75) is 13.0 Å². The SMILES string of the molecule is Cc1ccccc1OCC(=O)NC1CN(c2cnccn2)C1. The van der Waals surface area contributed by atoms with E-state index in [2.05, 4.69) is 20.2 Å². The first-order valence-corrected chi connectivity index (χ1v) is 7.21. The van der Waals surface area contributed by atoms with Gasteiger partial charge >= 0.3 is 0 Å². The van der Waals surface area contributed by atoms with Crippen molar-refractivity contribution in [3.8, 4) is 5.75 Å². The van der Waals surface area contributed by atoms with E-state index in [4.69, 9.17) is 4.74 Å². The molecule has 2 aromatic rings. The molecule has 22 heavy (non-hydrogen) atoms. The molecule has 1 aromatic carbocycles. The number of anilines is 1. The molecule has 0 radical (unpaired) electrons. The highest BCUT2D eigenvalue weighted by Gasteiger charge is 2.29. The number of ether oxygens (including phenoxy) is 1. The Balaban J connectivity index is 1.42. The number of aromatic nitrogens is 2. The second-order valence-electron chi connectivity index (χ2n) is 5.29. The van der Waals surface area contributed by atoms with Crippen LogP contribution < -0.4 is 15.0 Å². The normalized spacial score (nSPS) is 14.3. The summed E-state index contributed by atoms with van der Waals surface area (Å²) in [6.45, 7) is 3.48. The van der Waals surface area contributed by atoms with Gasteiger partial charge in [-0.3, -0.25) is 9.78 Å². The number of amides is 1. The number of nitrogens with zero attached hydrogens (tertiary/aromatic N) is 3. The molecule has 3 rings (SSSR count). The number of nitrogens with one attached hydrogen (secondary N) is 1. The van der Waals surface area contributed by atoms with Gasteiger partial charge in [-0.2, -0.15) is 0 Å². The summed E-state index contributed by atoms with van der Waals surface area (Å²) in [5.41, 5.74) is 1.02. The first-order chi connectivity index (χ1) is 10.7. The number of benzene rings is 1. The number of carbonyl (C=O) groups is 1. The van der Waals surface area contributed by atoms with Gasteiger partial charge in [-0.05, 0) is 18.6 Å². The molecular formula is C16H18N4O2. The fourth-order valence-electron chi connectivity index (χ4n) is 2.34. The van der Waals surface area contributed by atoms with Gasteiger partial charge in [0.2, 0.25) is 0 Å². The highest BCUT2D eigenvalue weighted by atomic mass is 16.5. The van der Waals surface area contributed by atoms with Gasteiger partial charge in [0.15, 0.2) is 6.61 Å². The van der Waals surface area contributed by atoms with Crippen LogP contribution >= 0.6 is 0 Å². The predicted molar refractivity (Wildman–Crippen MR) is 82.8 cm³/mol. The Hall–Kier alpha value is -2.63. The minimum absolute atomic E-state index is 0.0342. The summed E-state index contributed by atoms with van der Waals surface area (Å²) in [7, 11) is 0. The van der Waals surface area contributed by atoms with E-state index in [1.165, 1.54) is 0 Å². The largest absolute Gasteiger partial charge is 0.484 e. The highest BCUT2D eigenvalue weighted by molar-refractivity contribution is 5.78. The Morgan fingerprint density at radius 1 is 1.36 bits per heavy atom. The van der Waals surface area contributed by atoms with Crippen molar-refractivity contribution in [1.29, 1.82) is 0 Å². The van der Waals surface area contributed by atoms with Crippen LogP contribution in [0.25, 0.3) is 0 Å². The molecule has 0 saturated carbocycles. The Labute approximate surface area is 129 Å². The Kier molecular flexibility index (Phi) is 4.18. The summed E-state index contributed by atoms with van der Waals surface area (Å²) in [5, 5.41) is 2.95. The number of carbonyl (C=O) groups excluding carboxylic acids is 1. The molecule has 6 heteroatoms. The van der Waals surface area contributed by atoms with E-state index in [1.54, 1.807) is 18.6 Å². The molecule has 114 valence electrons. The van der Waals surface area contributed by atoms with E-state index < -0.39 is 0 Å². The van der Waals surface area contributed by atoms with Crippen LogP contribution in [0.5, 0.6) is 5.75 Å². The summed E-state index contributed by atoms with van der Waals surface area (Å²) >= 11 is 0. The van der Waals surface area contributed by atoms with Crippen molar-refractivity contribution in [3.05, 3.63) is 48.4 Å². The molecule has 0 atom stereocenters. The average Bonchev–Trinajstić information content (AvgIpc) is 2.50. The molecule has 1 aromatic heterocycles. The first kappa shape index (κ1) is 14.3. The number of hydrogen-bond donors (Lipinski definition) is 1. The average molecular weight is 298 g/mol. The molecule has 0 bridgehead atoms. The van der Waals surface area contributed by atoms with Gasteiger partial charge in [0.1, 0.15) is 11.6 Å². The quantitative estimate of drug-likeness (QED) is 0.897. The van der Waals surface area contributed by atoms with Crippen molar-refractivity contribution >= 4 is 11.7 Å². The van der Waals surface area contributed by atoms with Crippen molar-refractivity contribution in [1.82, 2.24) is 15.3 Å². The fourth-order valence-corrected chi connectivity index (χ4v) is 2.34. The number of para-hydroxylation sites is 1. The van der Waals surface area contributed by atoms with Gasteiger partial charge in [-0.25, -0.2) is 4.98 Å². The number of aryl methyl sites for hydroxylation is 1. The zero-order valence-electron chi connectivity index (χ0n) is 12.4. The fraction of sp³-hybridized carbons (Fsp3) is 0.312. The third-order valence-corrected chi connectivity index (χ3v) is 3.57. The zero-order valence-corrected chi connectivity index (χ0v) is 12.4. The molecule has 1 saturated heterocycles. The molecule has 0 unspecified atom stereocenters. The summed E-state index contributed by atoms with van der Waals surface area (Å²) in [6, 6.07) is 7.79. The lowest BCUT2D eigenvalue weighted by molar-refractivity contribution is -0.124. The molecule has 2 heterocycles. The van der Waals surface area contributed by atoms with Crippen LogP contribution in [0, 0.1) is 6.92 Å². The molecular weight excluding hydrogens is 280 g/mol. The minimum Gasteiger partial charge on any atom is -0.484 e. The Morgan fingerprint density at radius 3 is 2.91 bits per heavy atom. The van der Waals surface area contributed by atoms with E-state index in [9.17, 15) is 4.79 Å². The molecule has 6 nitrogen and oxygen atoms in total. The molecule has 1 aliphatic heterocycles. The van der Waals surface area contributed by atoms with Crippen LogP contribution in [0.2, 0.25) is 0 Å². The van der Waals surface area contributed by atoms with Crippen molar-refractivity contribution in [2.24, 2.45) is 0 Å². The maximum absolute atomic E-state index is 11.9. The summed E-state index contributed by atoms with van der Waals surface area (Å²) in [5.74, 6) is 1.48. The van der Waals surface area contributed by atoms with Crippen LogP contribution in [0.15, 0.2) is 42.9 Å². The van der Waals surface area contributed by atoms with E-state index in [-0.39, 0.29) is 18.6 Å². The van der Waals surface area contributed by atoms with Crippen molar-refractivity contribution < 1.29 is 9.53 Å². The minimum atomic E-state index is -0.105. The zero-order chi connectivity index (χ0) is 15.4. The number of hydrogen-bond acceptors (Lipinski definition) is 5. The molecule has 1 fully saturated rings. The van der Waals surface area contributed by atoms with Crippen LogP contribution in [-0.4, -0.2) is 41.6 Å². The first-order valence-electron chi connectivity index (χ1n) is 7.21. The van der Waals surface area contributed by atoms with Gasteiger partial charge in [0, 0.05) is 25.5 Å². The van der Waals surface area contributed by atoms with Gasteiger partial charge in [0.05, 0.1) is 12.2 Å². The van der Waals surface area contributed by atoms with Crippen LogP contribution in [0.4, 0.5) is 5.82 Å². The summed E-state index contributed by atoms with van der Waals surface area (Å²) < 4.78 is 5.53. The summed E-state index contributed by atoms with van der Waals surface area (Å²) in [6.07, 6.45) is 5.03. The third kappa shape index (κ3) is 3.33. The molecule has 1 aliphatic rings. The number of rotatable bonds is 5. The maximum Gasteiger partial charge on any atom is 0.258 e. The summed E-state index contributed by atoms with van der Waals surface area (Å²) in [4.78, 5) is 22.2. The lowest BCUT2D eigenvalue weighted by atomic mass is 10.1. The Morgan fingerprint density at radius 2 is 2.18 bits per heavy atom. The second kappa shape index (κ2) is 6.43. The van der Waals surface area contributed by atoms with E-state index in [1.807, 2.05) is 31.2 Å². The molecule has 0 spiro atoms. The molecule has 1 amide bonds. The van der Waals surface area contributed by atoms with E-state index in [0.717, 1.165) is 30.2 Å². The molecule has 1 N–H and O–H groups in total. The van der Waals surface area contributed by atoms with Gasteiger partial charge < -0.3 is 15.0 Å². The lowest BCUT2D eigenvalue weighted by Crippen LogP contribution is -2.60.